The van der Waals surface area contributed by atoms with Crippen molar-refractivity contribution in [3.05, 3.63) is 0 Å². The highest BCUT2D eigenvalue weighted by Gasteiger charge is 2.91. The molecule has 8 aliphatic rings. The number of Topliss-reactive ketones (excluding diaryl/α,β-unsaturated/α-hetero) is 2. The third kappa shape index (κ3) is 2.54. The topological polar surface area (TPSA) is 195 Å². The molecule has 8 rings (SSSR count). The second-order valence-electron chi connectivity index (χ2n) is 14.6. The zero-order valence-corrected chi connectivity index (χ0v) is 23.8. The van der Waals surface area contributed by atoms with E-state index in [0.29, 0.717) is 6.42 Å². The molecule has 6 heterocycles. The fourth-order valence-corrected chi connectivity index (χ4v) is 10.9. The van der Waals surface area contributed by atoms with Crippen LogP contribution in [0, 0.1) is 29.1 Å². The third-order valence-electron chi connectivity index (χ3n) is 12.7. The Kier molecular flexibility index (Phi) is 4.88. The number of hydrogen-bond donors (Lipinski definition) is 4. The van der Waals surface area contributed by atoms with Crippen LogP contribution in [0.5, 0.6) is 0 Å². The van der Waals surface area contributed by atoms with Gasteiger partial charge in [-0.3, -0.25) is 19.2 Å². The average molecular weight is 593 g/mol. The predicted molar refractivity (Wildman–Crippen MR) is 133 cm³/mol. The van der Waals surface area contributed by atoms with E-state index in [-0.39, 0.29) is 25.9 Å². The smallest absolute Gasteiger partial charge is 0.311 e. The minimum absolute atomic E-state index is 0.0624. The molecule has 0 aromatic carbocycles. The summed E-state index contributed by atoms with van der Waals surface area (Å²) in [6.45, 7) is 5.35. The van der Waals surface area contributed by atoms with Crippen molar-refractivity contribution in [2.75, 3.05) is 6.61 Å². The second-order valence-corrected chi connectivity index (χ2v) is 14.6. The van der Waals surface area contributed by atoms with Crippen molar-refractivity contribution in [1.29, 1.82) is 0 Å². The number of hydrogen-bond acceptors (Lipinski definition) is 13. The van der Waals surface area contributed by atoms with E-state index in [1.807, 2.05) is 0 Å². The molecule has 3 spiro atoms. The Labute approximate surface area is 240 Å². The van der Waals surface area contributed by atoms with Crippen LogP contribution < -0.4 is 0 Å². The van der Waals surface area contributed by atoms with E-state index in [9.17, 15) is 39.6 Å². The van der Waals surface area contributed by atoms with Crippen LogP contribution in [-0.4, -0.2) is 109 Å². The zero-order valence-electron chi connectivity index (χ0n) is 23.8. The summed E-state index contributed by atoms with van der Waals surface area (Å²) in [4.78, 5) is 54.0. The third-order valence-corrected chi connectivity index (χ3v) is 12.7. The van der Waals surface area contributed by atoms with Gasteiger partial charge in [-0.25, -0.2) is 0 Å². The van der Waals surface area contributed by atoms with E-state index in [1.54, 1.807) is 6.92 Å². The first-order valence-corrected chi connectivity index (χ1v) is 14.8. The highest BCUT2D eigenvalue weighted by atomic mass is 16.8. The number of carbonyl (C=O) groups excluding carboxylic acids is 4. The Morgan fingerprint density at radius 1 is 1.02 bits per heavy atom. The van der Waals surface area contributed by atoms with Gasteiger partial charge in [0.15, 0.2) is 17.5 Å². The number of aliphatic hydroxyl groups excluding tert-OH is 2. The van der Waals surface area contributed by atoms with Crippen LogP contribution >= 0.6 is 0 Å². The van der Waals surface area contributed by atoms with E-state index >= 15 is 0 Å². The van der Waals surface area contributed by atoms with Crippen molar-refractivity contribution in [3.8, 4) is 0 Å². The maximum absolute atomic E-state index is 14.4. The first kappa shape index (κ1) is 27.5. The van der Waals surface area contributed by atoms with Crippen molar-refractivity contribution in [1.82, 2.24) is 0 Å². The molecule has 0 amide bonds. The lowest BCUT2D eigenvalue weighted by Crippen LogP contribution is -2.75. The van der Waals surface area contributed by atoms with Gasteiger partial charge in [-0.1, -0.05) is 0 Å². The second kappa shape index (κ2) is 7.44. The van der Waals surface area contributed by atoms with Gasteiger partial charge in [0.05, 0.1) is 41.5 Å². The summed E-state index contributed by atoms with van der Waals surface area (Å²) in [6.07, 6.45) is -4.93. The van der Waals surface area contributed by atoms with Gasteiger partial charge in [-0.05, 0) is 40.5 Å². The zero-order chi connectivity index (χ0) is 30.2. The highest BCUT2D eigenvalue weighted by Crippen LogP contribution is 2.73. The summed E-state index contributed by atoms with van der Waals surface area (Å²) in [5.41, 5.74) is -11.1. The van der Waals surface area contributed by atoms with Crippen LogP contribution in [0.1, 0.15) is 59.8 Å². The van der Waals surface area contributed by atoms with Crippen LogP contribution in [0.25, 0.3) is 0 Å². The minimum Gasteiger partial charge on any atom is -0.456 e. The number of rotatable bonds is 1. The molecular weight excluding hydrogens is 556 g/mol. The summed E-state index contributed by atoms with van der Waals surface area (Å²) in [5, 5.41) is 46.8. The van der Waals surface area contributed by atoms with E-state index in [1.165, 1.54) is 13.8 Å². The quantitative estimate of drug-likeness (QED) is 0.207. The molecule has 0 radical (unpaired) electrons. The summed E-state index contributed by atoms with van der Waals surface area (Å²) >= 11 is 0. The lowest BCUT2D eigenvalue weighted by Gasteiger charge is -2.56. The largest absolute Gasteiger partial charge is 0.456 e. The summed E-state index contributed by atoms with van der Waals surface area (Å²) < 4.78 is 31.2. The first-order chi connectivity index (χ1) is 19.5. The number of carbonyl (C=O) groups is 4. The molecule has 230 valence electrons. The minimum atomic E-state index is -2.55. The van der Waals surface area contributed by atoms with Crippen LogP contribution in [0.4, 0.5) is 0 Å². The van der Waals surface area contributed by atoms with Crippen molar-refractivity contribution in [2.45, 2.75) is 118 Å². The molecular formula is C29H36O13. The highest BCUT2D eigenvalue weighted by molar-refractivity contribution is 6.14. The summed E-state index contributed by atoms with van der Waals surface area (Å²) in [6, 6.07) is 0. The molecule has 2 saturated carbocycles. The van der Waals surface area contributed by atoms with Gasteiger partial charge in [-0.2, -0.15) is 0 Å². The van der Waals surface area contributed by atoms with Gasteiger partial charge in [0.25, 0.3) is 0 Å². The molecule has 0 aromatic rings. The molecule has 8 fully saturated rings. The van der Waals surface area contributed by atoms with Gasteiger partial charge in [0.2, 0.25) is 5.79 Å². The van der Waals surface area contributed by atoms with Gasteiger partial charge >= 0.3 is 11.9 Å². The van der Waals surface area contributed by atoms with Crippen LogP contribution in [0.2, 0.25) is 0 Å². The Morgan fingerprint density at radius 2 is 1.74 bits per heavy atom. The predicted octanol–water partition coefficient (Wildman–Crippen LogP) is -1.32. The Hall–Kier alpha value is -2.00. The van der Waals surface area contributed by atoms with Crippen molar-refractivity contribution in [3.63, 3.8) is 0 Å². The van der Waals surface area contributed by atoms with Gasteiger partial charge < -0.3 is 44.1 Å². The number of ether oxygens (including phenoxy) is 5. The monoisotopic (exact) mass is 592 g/mol. The number of aliphatic hydroxyl groups is 4. The standard InChI is InChI=1S/C29H36O13/c1-11-17-19(38-20(11)34)28(37)21-24(3,22(35)25(28,4)36)14(31)8-26-9-27-13(6-5-12(26)18(33)29(21,41-17)42-26)23(2,10-30)39-15(27)7-16(32)40-27/h11-13,15,17-19,21,30,33,36-37H,5-10H2,1-4H3/t11-,12+,13-,15+,17+,18+,19-,21+,23-,24-,25-,26-,27+,28-,29+/m0/s1. The molecule has 2 aliphatic carbocycles. The molecule has 6 aliphatic heterocycles. The number of esters is 2. The molecule has 0 aromatic heterocycles. The molecule has 0 unspecified atom stereocenters. The van der Waals surface area contributed by atoms with Crippen LogP contribution in [0.3, 0.4) is 0 Å². The van der Waals surface area contributed by atoms with Crippen molar-refractivity contribution in [2.24, 2.45) is 29.1 Å². The molecule has 2 bridgehead atoms. The SMILES string of the molecule is C[C@@H]1C(=O)O[C@H]2[C@@H]1O[C@]13O[C@@]4(CC(=O)[C@]5(C)C(=O)[C@](C)(O)[C@@]2(O)[C@@H]51)C[C@]12OC(=O)C[C@H]1O[C@@](C)(CO)[C@@H]2CC[C@@H]4[C@H]3O. The average Bonchev–Trinajstić information content (AvgIpc) is 3.49. The fraction of sp³-hybridized carbons (Fsp3) is 0.862. The van der Waals surface area contributed by atoms with Crippen molar-refractivity contribution >= 4 is 23.5 Å². The maximum atomic E-state index is 14.4. The first-order valence-electron chi connectivity index (χ1n) is 14.8. The van der Waals surface area contributed by atoms with Crippen LogP contribution in [-0.2, 0) is 42.9 Å². The van der Waals surface area contributed by atoms with Crippen molar-refractivity contribution < 1.29 is 63.3 Å². The molecule has 4 N–H and O–H groups in total. The molecule has 13 heteroatoms. The lowest BCUT2D eigenvalue weighted by atomic mass is 9.58. The Bertz CT molecular complexity index is 1360. The number of ketones is 2. The van der Waals surface area contributed by atoms with Gasteiger partial charge in [0.1, 0.15) is 35.3 Å². The fourth-order valence-electron chi connectivity index (χ4n) is 10.9. The maximum Gasteiger partial charge on any atom is 0.311 e. The number of fused-ring (bicyclic) bond motifs is 2. The van der Waals surface area contributed by atoms with E-state index in [2.05, 4.69) is 0 Å². The Balaban J connectivity index is 1.35. The van der Waals surface area contributed by atoms with E-state index < -0.39 is 117 Å². The summed E-state index contributed by atoms with van der Waals surface area (Å²) in [5.74, 6) is -8.87. The van der Waals surface area contributed by atoms with Gasteiger partial charge in [-0.15, -0.1) is 0 Å². The van der Waals surface area contributed by atoms with E-state index in [0.717, 1.165) is 6.92 Å². The van der Waals surface area contributed by atoms with E-state index in [4.69, 9.17) is 23.7 Å². The summed E-state index contributed by atoms with van der Waals surface area (Å²) in [7, 11) is 0. The molecule has 6 saturated heterocycles. The molecule has 15 atom stereocenters. The molecule has 13 nitrogen and oxygen atoms in total. The Morgan fingerprint density at radius 3 is 2.43 bits per heavy atom. The van der Waals surface area contributed by atoms with Crippen LogP contribution in [0.15, 0.2) is 0 Å². The van der Waals surface area contributed by atoms with Gasteiger partial charge in [0, 0.05) is 24.7 Å². The normalized spacial score (nSPS) is 62.4. The lowest BCUT2D eigenvalue weighted by molar-refractivity contribution is -0.398. The molecule has 42 heavy (non-hydrogen) atoms.